The lowest BCUT2D eigenvalue weighted by molar-refractivity contribution is 0.663. The summed E-state index contributed by atoms with van der Waals surface area (Å²) in [6.45, 7) is 7.47. The smallest absolute Gasteiger partial charge is 0.143 e. The third-order valence-corrected chi connectivity index (χ3v) is 3.53. The largest absolute Gasteiger partial charge is 0.353 e. The van der Waals surface area contributed by atoms with Crippen LogP contribution < -0.4 is 4.90 Å². The molecule has 0 aliphatic rings. The first-order valence-corrected chi connectivity index (χ1v) is 7.42. The third-order valence-electron chi connectivity index (χ3n) is 2.39. The lowest BCUT2D eigenvalue weighted by Crippen LogP contribution is -2.33. The van der Waals surface area contributed by atoms with E-state index >= 15 is 0 Å². The van der Waals surface area contributed by atoms with E-state index in [9.17, 15) is 0 Å². The average Bonchev–Trinajstić information content (AvgIpc) is 2.20. The molecule has 1 heterocycles. The minimum atomic E-state index is 0.463. The number of hydrogen-bond acceptors (Lipinski definition) is 2. The number of nitrogens with zero attached hydrogens (tertiary/aromatic N) is 2. The predicted octanol–water partition coefficient (Wildman–Crippen LogP) is 4.15. The van der Waals surface area contributed by atoms with Gasteiger partial charge < -0.3 is 4.90 Å². The molecular formula is C12H18Br2N2. The molecule has 90 valence electrons. The monoisotopic (exact) mass is 348 g/mol. The van der Waals surface area contributed by atoms with E-state index in [0.29, 0.717) is 6.04 Å². The molecule has 0 N–H and O–H groups in total. The number of rotatable bonds is 5. The Kier molecular flexibility index (Phi) is 5.76. The van der Waals surface area contributed by atoms with Crippen LogP contribution in [0.2, 0.25) is 0 Å². The van der Waals surface area contributed by atoms with Gasteiger partial charge in [-0.2, -0.15) is 0 Å². The van der Waals surface area contributed by atoms with Crippen LogP contribution in [0.15, 0.2) is 16.7 Å². The number of aromatic nitrogens is 1. The van der Waals surface area contributed by atoms with E-state index in [4.69, 9.17) is 0 Å². The highest BCUT2D eigenvalue weighted by Crippen LogP contribution is 2.26. The first kappa shape index (κ1) is 14.0. The van der Waals surface area contributed by atoms with Gasteiger partial charge in [0.15, 0.2) is 0 Å². The highest BCUT2D eigenvalue weighted by Gasteiger charge is 2.14. The molecule has 1 aromatic heterocycles. The van der Waals surface area contributed by atoms with Gasteiger partial charge in [-0.1, -0.05) is 15.9 Å². The van der Waals surface area contributed by atoms with E-state index in [1.807, 2.05) is 6.20 Å². The van der Waals surface area contributed by atoms with Gasteiger partial charge in [0.05, 0.1) is 4.47 Å². The fourth-order valence-corrected chi connectivity index (χ4v) is 2.52. The Hall–Kier alpha value is -0.0900. The van der Waals surface area contributed by atoms with Gasteiger partial charge in [-0.3, -0.25) is 0 Å². The van der Waals surface area contributed by atoms with Crippen molar-refractivity contribution in [3.63, 3.8) is 0 Å². The van der Waals surface area contributed by atoms with E-state index in [1.165, 1.54) is 5.56 Å². The van der Waals surface area contributed by atoms with E-state index in [2.05, 4.69) is 68.6 Å². The topological polar surface area (TPSA) is 16.1 Å². The van der Waals surface area contributed by atoms with Crippen molar-refractivity contribution in [2.75, 3.05) is 16.8 Å². The second kappa shape index (κ2) is 6.60. The molecule has 1 aromatic rings. The Morgan fingerprint density at radius 2 is 2.12 bits per heavy atom. The van der Waals surface area contributed by atoms with Crippen LogP contribution >= 0.6 is 31.9 Å². The molecule has 0 radical (unpaired) electrons. The molecule has 0 aromatic carbocycles. The Morgan fingerprint density at radius 3 is 2.62 bits per heavy atom. The molecule has 0 unspecified atom stereocenters. The van der Waals surface area contributed by atoms with Crippen LogP contribution in [0.5, 0.6) is 0 Å². The molecule has 0 saturated carbocycles. The van der Waals surface area contributed by atoms with Crippen molar-refractivity contribution in [1.29, 1.82) is 0 Å². The minimum absolute atomic E-state index is 0.463. The Bertz CT molecular complexity index is 340. The summed E-state index contributed by atoms with van der Waals surface area (Å²) in [4.78, 5) is 6.84. The summed E-state index contributed by atoms with van der Waals surface area (Å²) in [7, 11) is 0. The normalized spacial score (nSPS) is 10.9. The zero-order valence-corrected chi connectivity index (χ0v) is 13.2. The number of aryl methyl sites for hydroxylation is 1. The van der Waals surface area contributed by atoms with Crippen LogP contribution in [-0.2, 0) is 0 Å². The first-order chi connectivity index (χ1) is 7.56. The standard InChI is InChI=1S/C12H18Br2N2/c1-9(2)16(6-4-5-13)12-11(14)7-10(3)8-15-12/h7-9H,4-6H2,1-3H3. The molecule has 1 rings (SSSR count). The molecule has 0 bridgehead atoms. The van der Waals surface area contributed by atoms with Gasteiger partial charge in [-0.05, 0) is 54.8 Å². The van der Waals surface area contributed by atoms with Gasteiger partial charge in [0, 0.05) is 24.1 Å². The summed E-state index contributed by atoms with van der Waals surface area (Å²) in [6, 6.07) is 2.58. The summed E-state index contributed by atoms with van der Waals surface area (Å²) in [6.07, 6.45) is 3.05. The van der Waals surface area contributed by atoms with Crippen molar-refractivity contribution in [2.45, 2.75) is 33.2 Å². The van der Waals surface area contributed by atoms with Crippen LogP contribution in [0.3, 0.4) is 0 Å². The average molecular weight is 350 g/mol. The minimum Gasteiger partial charge on any atom is -0.353 e. The highest BCUT2D eigenvalue weighted by molar-refractivity contribution is 9.10. The zero-order chi connectivity index (χ0) is 12.1. The Balaban J connectivity index is 2.92. The van der Waals surface area contributed by atoms with Gasteiger partial charge in [0.25, 0.3) is 0 Å². The number of alkyl halides is 1. The summed E-state index contributed by atoms with van der Waals surface area (Å²) >= 11 is 7.06. The molecule has 0 aliphatic carbocycles. The molecule has 16 heavy (non-hydrogen) atoms. The van der Waals surface area contributed by atoms with Crippen LogP contribution in [0.1, 0.15) is 25.8 Å². The van der Waals surface area contributed by atoms with E-state index in [0.717, 1.165) is 28.6 Å². The molecule has 0 fully saturated rings. The Labute approximate surface area is 115 Å². The summed E-state index contributed by atoms with van der Waals surface area (Å²) < 4.78 is 1.08. The van der Waals surface area contributed by atoms with Crippen molar-refractivity contribution in [1.82, 2.24) is 4.98 Å². The quantitative estimate of drug-likeness (QED) is 0.742. The lowest BCUT2D eigenvalue weighted by Gasteiger charge is -2.28. The maximum atomic E-state index is 4.52. The summed E-state index contributed by atoms with van der Waals surface area (Å²) in [5.74, 6) is 1.04. The summed E-state index contributed by atoms with van der Waals surface area (Å²) in [5.41, 5.74) is 1.18. The maximum Gasteiger partial charge on any atom is 0.143 e. The van der Waals surface area contributed by atoms with E-state index < -0.39 is 0 Å². The van der Waals surface area contributed by atoms with Crippen molar-refractivity contribution < 1.29 is 0 Å². The van der Waals surface area contributed by atoms with E-state index in [-0.39, 0.29) is 0 Å². The molecule has 0 aliphatic heterocycles. The highest BCUT2D eigenvalue weighted by atomic mass is 79.9. The molecule has 0 amide bonds. The van der Waals surface area contributed by atoms with Crippen molar-refractivity contribution in [2.24, 2.45) is 0 Å². The third kappa shape index (κ3) is 3.74. The van der Waals surface area contributed by atoms with Crippen molar-refractivity contribution in [3.05, 3.63) is 22.3 Å². The fourth-order valence-electron chi connectivity index (χ4n) is 1.58. The second-order valence-electron chi connectivity index (χ2n) is 4.15. The maximum absolute atomic E-state index is 4.52. The first-order valence-electron chi connectivity index (χ1n) is 5.51. The van der Waals surface area contributed by atoms with Gasteiger partial charge in [0.2, 0.25) is 0 Å². The van der Waals surface area contributed by atoms with Gasteiger partial charge in [-0.15, -0.1) is 0 Å². The molecule has 0 saturated heterocycles. The lowest BCUT2D eigenvalue weighted by atomic mass is 10.2. The molecule has 0 atom stereocenters. The van der Waals surface area contributed by atoms with Gasteiger partial charge >= 0.3 is 0 Å². The molecule has 0 spiro atoms. The number of hydrogen-bond donors (Lipinski definition) is 0. The second-order valence-corrected chi connectivity index (χ2v) is 5.80. The molecule has 4 heteroatoms. The number of halogens is 2. The zero-order valence-electron chi connectivity index (χ0n) is 10.0. The molecular weight excluding hydrogens is 332 g/mol. The van der Waals surface area contributed by atoms with Crippen LogP contribution in [0.4, 0.5) is 5.82 Å². The van der Waals surface area contributed by atoms with Crippen LogP contribution in [0.25, 0.3) is 0 Å². The molecule has 2 nitrogen and oxygen atoms in total. The SMILES string of the molecule is Cc1cnc(N(CCCBr)C(C)C)c(Br)c1. The van der Waals surface area contributed by atoms with E-state index in [1.54, 1.807) is 0 Å². The van der Waals surface area contributed by atoms with Crippen molar-refractivity contribution >= 4 is 37.7 Å². The summed E-state index contributed by atoms with van der Waals surface area (Å²) in [5, 5.41) is 1.03. The van der Waals surface area contributed by atoms with Crippen molar-refractivity contribution in [3.8, 4) is 0 Å². The van der Waals surface area contributed by atoms with Gasteiger partial charge in [0.1, 0.15) is 5.82 Å². The van der Waals surface area contributed by atoms with Crippen LogP contribution in [-0.4, -0.2) is 22.9 Å². The number of pyridine rings is 1. The fraction of sp³-hybridized carbons (Fsp3) is 0.583. The predicted molar refractivity (Wildman–Crippen MR) is 77.6 cm³/mol. The number of anilines is 1. The Morgan fingerprint density at radius 1 is 1.44 bits per heavy atom. The van der Waals surface area contributed by atoms with Crippen LogP contribution in [0, 0.1) is 6.92 Å². The van der Waals surface area contributed by atoms with Gasteiger partial charge in [-0.25, -0.2) is 4.98 Å².